The number of benzene rings is 2. The molecule has 0 saturated heterocycles. The molecule has 1 amide bonds. The van der Waals surface area contributed by atoms with E-state index in [1.165, 1.54) is 11.0 Å². The van der Waals surface area contributed by atoms with Crippen molar-refractivity contribution < 1.29 is 19.4 Å². The van der Waals surface area contributed by atoms with Crippen molar-refractivity contribution in [2.24, 2.45) is 0 Å². The number of hydrogen-bond donors (Lipinski definition) is 2. The maximum Gasteiger partial charge on any atom is 0.257 e. The van der Waals surface area contributed by atoms with Gasteiger partial charge in [0.25, 0.3) is 5.91 Å². The van der Waals surface area contributed by atoms with Crippen LogP contribution in [0.5, 0.6) is 11.5 Å². The van der Waals surface area contributed by atoms with Gasteiger partial charge in [0.15, 0.2) is 0 Å². The smallest absolute Gasteiger partial charge is 0.257 e. The lowest BCUT2D eigenvalue weighted by atomic mass is 10.0. The summed E-state index contributed by atoms with van der Waals surface area (Å²) < 4.78 is 13.0. The van der Waals surface area contributed by atoms with Crippen molar-refractivity contribution in [3.05, 3.63) is 59.4 Å². The minimum atomic E-state index is -0.611. The van der Waals surface area contributed by atoms with Gasteiger partial charge in [0.05, 0.1) is 11.6 Å². The lowest BCUT2D eigenvalue weighted by Gasteiger charge is -2.26. The first-order valence-electron chi connectivity index (χ1n) is 6.45. The Bertz CT molecular complexity index is 672. The molecular formula is C16H16FNO3. The Labute approximate surface area is 122 Å². The molecule has 2 aromatic rings. The molecule has 21 heavy (non-hydrogen) atoms. The molecule has 0 heterocycles. The number of nitrogens with zero attached hydrogens (tertiary/aromatic N) is 1. The largest absolute Gasteiger partial charge is 0.508 e. The molecule has 2 aromatic carbocycles. The summed E-state index contributed by atoms with van der Waals surface area (Å²) in [5.41, 5.74) is 0.608. The Morgan fingerprint density at radius 2 is 1.81 bits per heavy atom. The highest BCUT2D eigenvalue weighted by Gasteiger charge is 2.23. The molecule has 5 heteroatoms. The average molecular weight is 289 g/mol. The van der Waals surface area contributed by atoms with Crippen LogP contribution in [0.3, 0.4) is 0 Å². The van der Waals surface area contributed by atoms with Gasteiger partial charge in [-0.1, -0.05) is 18.2 Å². The van der Waals surface area contributed by atoms with E-state index in [9.17, 15) is 19.4 Å². The molecule has 0 aliphatic heterocycles. The van der Waals surface area contributed by atoms with Crippen molar-refractivity contribution in [2.45, 2.75) is 13.0 Å². The third kappa shape index (κ3) is 2.97. The zero-order valence-corrected chi connectivity index (χ0v) is 11.7. The number of para-hydroxylation sites is 1. The van der Waals surface area contributed by atoms with E-state index in [0.717, 1.165) is 12.1 Å². The third-order valence-corrected chi connectivity index (χ3v) is 3.48. The lowest BCUT2D eigenvalue weighted by Crippen LogP contribution is -2.29. The van der Waals surface area contributed by atoms with Gasteiger partial charge in [0.1, 0.15) is 17.3 Å². The molecule has 0 spiro atoms. The van der Waals surface area contributed by atoms with E-state index in [2.05, 4.69) is 0 Å². The fraction of sp³-hybridized carbons (Fsp3) is 0.188. The first kappa shape index (κ1) is 14.8. The Morgan fingerprint density at radius 3 is 2.43 bits per heavy atom. The number of amides is 1. The quantitative estimate of drug-likeness (QED) is 0.913. The molecule has 110 valence electrons. The van der Waals surface area contributed by atoms with Gasteiger partial charge in [-0.05, 0) is 25.1 Å². The summed E-state index contributed by atoms with van der Waals surface area (Å²) in [4.78, 5) is 13.7. The van der Waals surface area contributed by atoms with Crippen LogP contribution in [0.15, 0.2) is 42.5 Å². The predicted molar refractivity (Wildman–Crippen MR) is 76.7 cm³/mol. The van der Waals surface area contributed by atoms with Gasteiger partial charge in [0.2, 0.25) is 0 Å². The molecule has 0 bridgehead atoms. The molecule has 0 saturated carbocycles. The molecule has 1 unspecified atom stereocenters. The number of carbonyl (C=O) groups is 1. The van der Waals surface area contributed by atoms with E-state index >= 15 is 0 Å². The van der Waals surface area contributed by atoms with Gasteiger partial charge < -0.3 is 15.1 Å². The van der Waals surface area contributed by atoms with Crippen molar-refractivity contribution >= 4 is 5.91 Å². The molecule has 0 fully saturated rings. The summed E-state index contributed by atoms with van der Waals surface area (Å²) in [6, 6.07) is 9.56. The van der Waals surface area contributed by atoms with E-state index in [0.29, 0.717) is 5.56 Å². The summed E-state index contributed by atoms with van der Waals surface area (Å²) >= 11 is 0. The molecule has 0 aromatic heterocycles. The Hall–Kier alpha value is -2.56. The van der Waals surface area contributed by atoms with Crippen LogP contribution in [-0.2, 0) is 0 Å². The van der Waals surface area contributed by atoms with Crippen LogP contribution >= 0.6 is 0 Å². The Morgan fingerprint density at radius 1 is 1.14 bits per heavy atom. The fourth-order valence-corrected chi connectivity index (χ4v) is 2.10. The summed E-state index contributed by atoms with van der Waals surface area (Å²) in [7, 11) is 1.56. The second-order valence-electron chi connectivity index (χ2n) is 4.81. The first-order chi connectivity index (χ1) is 9.91. The van der Waals surface area contributed by atoms with Crippen LogP contribution in [0.2, 0.25) is 0 Å². The number of rotatable bonds is 3. The molecule has 0 radical (unpaired) electrons. The molecule has 2 N–H and O–H groups in total. The number of phenolic OH excluding ortho intramolecular Hbond substituents is 2. The zero-order chi connectivity index (χ0) is 15.6. The molecule has 0 aliphatic carbocycles. The molecule has 0 aliphatic rings. The van der Waals surface area contributed by atoms with Crippen LogP contribution in [0, 0.1) is 5.82 Å². The van der Waals surface area contributed by atoms with Crippen molar-refractivity contribution in [1.29, 1.82) is 0 Å². The van der Waals surface area contributed by atoms with Gasteiger partial charge in [-0.25, -0.2) is 4.39 Å². The summed E-state index contributed by atoms with van der Waals surface area (Å²) in [6.45, 7) is 1.76. The summed E-state index contributed by atoms with van der Waals surface area (Å²) in [5, 5.41) is 19.5. The van der Waals surface area contributed by atoms with E-state index in [1.54, 1.807) is 38.2 Å². The third-order valence-electron chi connectivity index (χ3n) is 3.48. The van der Waals surface area contributed by atoms with Crippen molar-refractivity contribution in [3.63, 3.8) is 0 Å². The van der Waals surface area contributed by atoms with E-state index < -0.39 is 23.5 Å². The average Bonchev–Trinajstić information content (AvgIpc) is 2.45. The molecule has 4 nitrogen and oxygen atoms in total. The maximum absolute atomic E-state index is 13.0. The van der Waals surface area contributed by atoms with Gasteiger partial charge in [-0.2, -0.15) is 0 Å². The molecule has 1 atom stereocenters. The minimum absolute atomic E-state index is 0.0150. The maximum atomic E-state index is 13.0. The zero-order valence-electron chi connectivity index (χ0n) is 11.7. The standard InChI is InChI=1S/C16H16FNO3/c1-10(12-5-3-4-6-14(12)19)18(2)16(21)13-8-7-11(17)9-15(13)20/h3-10,19-20H,1-2H3. The van der Waals surface area contributed by atoms with Gasteiger partial charge in [-0.3, -0.25) is 4.79 Å². The normalized spacial score (nSPS) is 12.0. The predicted octanol–water partition coefficient (Wildman–Crippen LogP) is 3.07. The van der Waals surface area contributed by atoms with Crippen molar-refractivity contribution in [1.82, 2.24) is 4.90 Å². The number of halogens is 1. The highest BCUT2D eigenvalue weighted by atomic mass is 19.1. The van der Waals surface area contributed by atoms with E-state index in [4.69, 9.17) is 0 Å². The summed E-state index contributed by atoms with van der Waals surface area (Å²) in [6.07, 6.45) is 0. The van der Waals surface area contributed by atoms with Crippen LogP contribution in [0.4, 0.5) is 4.39 Å². The van der Waals surface area contributed by atoms with Crippen molar-refractivity contribution in [3.8, 4) is 11.5 Å². The number of hydrogen-bond acceptors (Lipinski definition) is 3. The Balaban J connectivity index is 2.29. The minimum Gasteiger partial charge on any atom is -0.508 e. The van der Waals surface area contributed by atoms with Crippen LogP contribution in [0.25, 0.3) is 0 Å². The summed E-state index contributed by atoms with van der Waals surface area (Å²) in [5.74, 6) is -1.38. The lowest BCUT2D eigenvalue weighted by molar-refractivity contribution is 0.0738. The van der Waals surface area contributed by atoms with E-state index in [-0.39, 0.29) is 11.3 Å². The highest BCUT2D eigenvalue weighted by molar-refractivity contribution is 5.96. The number of carbonyl (C=O) groups excluding carboxylic acids is 1. The topological polar surface area (TPSA) is 60.8 Å². The van der Waals surface area contributed by atoms with E-state index in [1.807, 2.05) is 0 Å². The SMILES string of the molecule is CC(c1ccccc1O)N(C)C(=O)c1ccc(F)cc1O. The van der Waals surface area contributed by atoms with Gasteiger partial charge in [0, 0.05) is 18.7 Å². The molecular weight excluding hydrogens is 273 g/mol. The monoisotopic (exact) mass is 289 g/mol. The number of phenols is 2. The van der Waals surface area contributed by atoms with Gasteiger partial charge >= 0.3 is 0 Å². The highest BCUT2D eigenvalue weighted by Crippen LogP contribution is 2.29. The first-order valence-corrected chi connectivity index (χ1v) is 6.45. The van der Waals surface area contributed by atoms with Crippen LogP contribution in [-0.4, -0.2) is 28.1 Å². The second kappa shape index (κ2) is 5.83. The van der Waals surface area contributed by atoms with Crippen molar-refractivity contribution in [2.75, 3.05) is 7.05 Å². The number of aromatic hydroxyl groups is 2. The molecule has 2 rings (SSSR count). The Kier molecular flexibility index (Phi) is 4.12. The second-order valence-corrected chi connectivity index (χ2v) is 4.81. The fourth-order valence-electron chi connectivity index (χ4n) is 2.10. The van der Waals surface area contributed by atoms with Gasteiger partial charge in [-0.15, -0.1) is 0 Å². The van der Waals surface area contributed by atoms with Crippen LogP contribution in [0.1, 0.15) is 28.9 Å². The van der Waals surface area contributed by atoms with Crippen LogP contribution < -0.4 is 0 Å².